The van der Waals surface area contributed by atoms with Crippen LogP contribution in [0.25, 0.3) is 0 Å². The fourth-order valence-corrected chi connectivity index (χ4v) is 4.39. The van der Waals surface area contributed by atoms with Crippen LogP contribution in [-0.4, -0.2) is 61.8 Å². The van der Waals surface area contributed by atoms with Crippen LogP contribution in [-0.2, 0) is 14.3 Å². The molecule has 2 aromatic rings. The molecular weight excluding hydrogens is 438 g/mol. The van der Waals surface area contributed by atoms with Gasteiger partial charge in [0.2, 0.25) is 0 Å². The van der Waals surface area contributed by atoms with Gasteiger partial charge >= 0.3 is 12.0 Å². The summed E-state index contributed by atoms with van der Waals surface area (Å²) in [5.74, 6) is -0.127. The average molecular weight is 468 g/mol. The predicted molar refractivity (Wildman–Crippen MR) is 126 cm³/mol. The van der Waals surface area contributed by atoms with E-state index in [9.17, 15) is 14.4 Å². The number of esters is 1. The molecule has 3 atom stereocenters. The maximum atomic E-state index is 13.3. The molecule has 0 radical (unpaired) electrons. The number of benzene rings is 2. The lowest BCUT2D eigenvalue weighted by atomic mass is 9.94. The van der Waals surface area contributed by atoms with Crippen LogP contribution in [0.5, 0.6) is 5.75 Å². The topological polar surface area (TPSA) is 106 Å². The fourth-order valence-electron chi connectivity index (χ4n) is 4.39. The Morgan fingerprint density at radius 1 is 1.12 bits per heavy atom. The van der Waals surface area contributed by atoms with E-state index >= 15 is 0 Å². The molecule has 2 N–H and O–H groups in total. The fraction of sp³-hybridized carbons (Fsp3) is 0.400. The molecule has 2 heterocycles. The molecule has 1 saturated heterocycles. The number of fused-ring (bicyclic) bond motifs is 2. The SMILES string of the molecule is COC(=O)C[C@@H]1CC[C@@H]2[C@@H](COc3ccc(NC(=O)Nc4cccc(C)c4)cc3C(=O)N2C)O1. The number of anilines is 2. The van der Waals surface area contributed by atoms with E-state index in [1.54, 1.807) is 36.2 Å². The second kappa shape index (κ2) is 10.1. The number of carbonyl (C=O) groups is 3. The zero-order chi connectivity index (χ0) is 24.2. The summed E-state index contributed by atoms with van der Waals surface area (Å²) in [6.45, 7) is 2.19. The summed E-state index contributed by atoms with van der Waals surface area (Å²) in [4.78, 5) is 39.1. The molecule has 2 aliphatic rings. The molecule has 34 heavy (non-hydrogen) atoms. The van der Waals surface area contributed by atoms with Crippen molar-refractivity contribution in [2.24, 2.45) is 0 Å². The molecule has 9 heteroatoms. The van der Waals surface area contributed by atoms with E-state index < -0.39 is 6.03 Å². The normalized spacial score (nSPS) is 21.8. The Kier molecular flexibility index (Phi) is 7.02. The van der Waals surface area contributed by atoms with E-state index in [-0.39, 0.29) is 43.2 Å². The first kappa shape index (κ1) is 23.6. The summed E-state index contributed by atoms with van der Waals surface area (Å²) in [5.41, 5.74) is 2.55. The molecule has 2 aromatic carbocycles. The zero-order valence-corrected chi connectivity index (χ0v) is 19.5. The summed E-state index contributed by atoms with van der Waals surface area (Å²) in [5, 5.41) is 5.56. The summed E-state index contributed by atoms with van der Waals surface area (Å²) in [6, 6.07) is 11.9. The number of urea groups is 1. The maximum absolute atomic E-state index is 13.3. The number of carbonyl (C=O) groups excluding carboxylic acids is 3. The Hall–Kier alpha value is -3.59. The first-order chi connectivity index (χ1) is 16.3. The third kappa shape index (κ3) is 5.31. The molecule has 3 amide bonds. The number of methoxy groups -OCH3 is 1. The van der Waals surface area contributed by atoms with Gasteiger partial charge in [0.25, 0.3) is 5.91 Å². The molecule has 0 saturated carbocycles. The van der Waals surface area contributed by atoms with Gasteiger partial charge in [-0.3, -0.25) is 9.59 Å². The highest BCUT2D eigenvalue weighted by atomic mass is 16.5. The zero-order valence-electron chi connectivity index (χ0n) is 19.5. The molecule has 180 valence electrons. The Bertz CT molecular complexity index is 1090. The minimum atomic E-state index is -0.407. The molecule has 4 rings (SSSR count). The number of ether oxygens (including phenoxy) is 3. The van der Waals surface area contributed by atoms with Gasteiger partial charge in [0.05, 0.1) is 31.2 Å². The molecule has 0 bridgehead atoms. The number of nitrogens with zero attached hydrogens (tertiary/aromatic N) is 1. The van der Waals surface area contributed by atoms with E-state index in [4.69, 9.17) is 14.2 Å². The minimum Gasteiger partial charge on any atom is -0.490 e. The van der Waals surface area contributed by atoms with Gasteiger partial charge in [0.1, 0.15) is 18.5 Å². The second-order valence-electron chi connectivity index (χ2n) is 8.61. The van der Waals surface area contributed by atoms with Crippen molar-refractivity contribution in [1.29, 1.82) is 0 Å². The third-order valence-corrected chi connectivity index (χ3v) is 6.17. The van der Waals surface area contributed by atoms with Crippen LogP contribution in [0.4, 0.5) is 16.2 Å². The monoisotopic (exact) mass is 467 g/mol. The number of amides is 3. The van der Waals surface area contributed by atoms with Gasteiger partial charge in [-0.05, 0) is 55.7 Å². The molecule has 0 aromatic heterocycles. The number of hydrogen-bond acceptors (Lipinski definition) is 6. The minimum absolute atomic E-state index is 0.174. The predicted octanol–water partition coefficient (Wildman–Crippen LogP) is 3.58. The van der Waals surface area contributed by atoms with Crippen LogP contribution in [0.15, 0.2) is 42.5 Å². The number of hydrogen-bond donors (Lipinski definition) is 2. The Labute approximate surface area is 198 Å². The van der Waals surface area contributed by atoms with Gasteiger partial charge in [-0.1, -0.05) is 12.1 Å². The molecule has 0 spiro atoms. The molecule has 2 aliphatic heterocycles. The molecule has 0 unspecified atom stereocenters. The lowest BCUT2D eigenvalue weighted by molar-refractivity contribution is -0.151. The van der Waals surface area contributed by atoms with Crippen molar-refractivity contribution >= 4 is 29.3 Å². The summed E-state index contributed by atoms with van der Waals surface area (Å²) in [7, 11) is 3.09. The number of likely N-dealkylation sites (N-methyl/N-ethyl adjacent to an activating group) is 1. The van der Waals surface area contributed by atoms with Crippen molar-refractivity contribution < 1.29 is 28.6 Å². The van der Waals surface area contributed by atoms with Crippen LogP contribution in [0.3, 0.4) is 0 Å². The largest absolute Gasteiger partial charge is 0.490 e. The number of rotatable bonds is 4. The average Bonchev–Trinajstić information content (AvgIpc) is 2.81. The lowest BCUT2D eigenvalue weighted by Gasteiger charge is -2.42. The van der Waals surface area contributed by atoms with Gasteiger partial charge in [0.15, 0.2) is 0 Å². The lowest BCUT2D eigenvalue weighted by Crippen LogP contribution is -2.53. The number of nitrogens with one attached hydrogen (secondary N) is 2. The van der Waals surface area contributed by atoms with Crippen LogP contribution in [0.1, 0.15) is 35.2 Å². The third-order valence-electron chi connectivity index (χ3n) is 6.17. The van der Waals surface area contributed by atoms with Crippen molar-refractivity contribution in [3.05, 3.63) is 53.6 Å². The van der Waals surface area contributed by atoms with E-state index in [1.165, 1.54) is 7.11 Å². The van der Waals surface area contributed by atoms with E-state index in [0.29, 0.717) is 35.5 Å². The Morgan fingerprint density at radius 3 is 2.62 bits per heavy atom. The first-order valence-corrected chi connectivity index (χ1v) is 11.2. The summed E-state index contributed by atoms with van der Waals surface area (Å²) < 4.78 is 16.8. The smallest absolute Gasteiger partial charge is 0.323 e. The van der Waals surface area contributed by atoms with Gasteiger partial charge in [-0.2, -0.15) is 0 Å². The first-order valence-electron chi connectivity index (χ1n) is 11.2. The van der Waals surface area contributed by atoms with Crippen molar-refractivity contribution in [2.75, 3.05) is 31.4 Å². The van der Waals surface area contributed by atoms with Crippen molar-refractivity contribution in [3.63, 3.8) is 0 Å². The molecular formula is C25H29N3O6. The van der Waals surface area contributed by atoms with E-state index in [1.807, 2.05) is 25.1 Å². The van der Waals surface area contributed by atoms with Gasteiger partial charge in [-0.15, -0.1) is 0 Å². The summed E-state index contributed by atoms with van der Waals surface area (Å²) in [6.07, 6.45) is 0.876. The highest BCUT2D eigenvalue weighted by Gasteiger charge is 2.39. The van der Waals surface area contributed by atoms with Gasteiger partial charge in [-0.25, -0.2) is 4.79 Å². The van der Waals surface area contributed by atoms with Crippen LogP contribution in [0, 0.1) is 6.92 Å². The van der Waals surface area contributed by atoms with Crippen LogP contribution < -0.4 is 15.4 Å². The second-order valence-corrected chi connectivity index (χ2v) is 8.61. The van der Waals surface area contributed by atoms with Crippen LogP contribution in [0.2, 0.25) is 0 Å². The highest BCUT2D eigenvalue weighted by Crippen LogP contribution is 2.32. The maximum Gasteiger partial charge on any atom is 0.323 e. The Balaban J connectivity index is 1.47. The van der Waals surface area contributed by atoms with E-state index in [0.717, 1.165) is 5.56 Å². The highest BCUT2D eigenvalue weighted by molar-refractivity contribution is 6.02. The Morgan fingerprint density at radius 2 is 1.88 bits per heavy atom. The molecule has 1 fully saturated rings. The van der Waals surface area contributed by atoms with Crippen molar-refractivity contribution in [2.45, 2.75) is 44.4 Å². The number of aryl methyl sites for hydroxylation is 1. The van der Waals surface area contributed by atoms with Crippen molar-refractivity contribution in [1.82, 2.24) is 4.90 Å². The van der Waals surface area contributed by atoms with Gasteiger partial charge < -0.3 is 29.7 Å². The molecule has 9 nitrogen and oxygen atoms in total. The van der Waals surface area contributed by atoms with Crippen molar-refractivity contribution in [3.8, 4) is 5.75 Å². The standard InChI is InChI=1S/C25H29N3O6/c1-15-5-4-6-16(11-15)26-25(31)27-17-7-10-21-19(12-17)24(30)28(2)20-9-8-18(13-23(29)32-3)34-22(20)14-33-21/h4-7,10-12,18,20,22H,8-9,13-14H2,1-3H3,(H2,26,27,31)/t18-,20+,22+/m0/s1. The quantitative estimate of drug-likeness (QED) is 0.666. The molecule has 0 aliphatic carbocycles. The van der Waals surface area contributed by atoms with Crippen LogP contribution >= 0.6 is 0 Å². The summed E-state index contributed by atoms with van der Waals surface area (Å²) >= 11 is 0. The van der Waals surface area contributed by atoms with Gasteiger partial charge in [0, 0.05) is 18.4 Å². The van der Waals surface area contributed by atoms with E-state index in [2.05, 4.69) is 10.6 Å².